The lowest BCUT2D eigenvalue weighted by Gasteiger charge is -2.11. The first-order valence-corrected chi connectivity index (χ1v) is 7.16. The maximum Gasteiger partial charge on any atom is 0.271 e. The molecular weight excluding hydrogens is 280 g/mol. The molecule has 3 aromatic rings. The van der Waals surface area contributed by atoms with E-state index in [2.05, 4.69) is 32.6 Å². The van der Waals surface area contributed by atoms with Gasteiger partial charge in [0.25, 0.3) is 11.5 Å². The number of fused-ring (bicyclic) bond motifs is 3. The first-order valence-electron chi connectivity index (χ1n) is 7.16. The molecule has 2 aromatic heterocycles. The van der Waals surface area contributed by atoms with Gasteiger partial charge in [-0.3, -0.25) is 9.59 Å². The van der Waals surface area contributed by atoms with E-state index in [4.69, 9.17) is 0 Å². The van der Waals surface area contributed by atoms with E-state index in [1.807, 2.05) is 12.1 Å². The van der Waals surface area contributed by atoms with Gasteiger partial charge in [-0.05, 0) is 24.1 Å². The Labute approximate surface area is 125 Å². The summed E-state index contributed by atoms with van der Waals surface area (Å²) in [5.74, 6) is -0.268. The Bertz CT molecular complexity index is 905. The van der Waals surface area contributed by atoms with Crippen molar-refractivity contribution in [2.75, 3.05) is 0 Å². The van der Waals surface area contributed by atoms with Crippen LogP contribution in [-0.2, 0) is 12.8 Å². The van der Waals surface area contributed by atoms with Crippen molar-refractivity contribution >= 4 is 16.8 Å². The molecule has 0 radical (unpaired) electrons. The van der Waals surface area contributed by atoms with E-state index >= 15 is 0 Å². The van der Waals surface area contributed by atoms with E-state index in [1.165, 1.54) is 28.8 Å². The molecule has 1 aromatic carbocycles. The Morgan fingerprint density at radius 3 is 2.86 bits per heavy atom. The number of nitrogens with one attached hydrogen (secondary N) is 3. The molecule has 1 aliphatic carbocycles. The molecule has 0 fully saturated rings. The van der Waals surface area contributed by atoms with Crippen LogP contribution in [0.4, 0.5) is 0 Å². The maximum absolute atomic E-state index is 12.1. The Kier molecular flexibility index (Phi) is 2.82. The van der Waals surface area contributed by atoms with Gasteiger partial charge in [0, 0.05) is 35.1 Å². The second kappa shape index (κ2) is 4.84. The smallest absolute Gasteiger partial charge is 0.271 e. The molecule has 0 saturated carbocycles. The number of benzene rings is 1. The summed E-state index contributed by atoms with van der Waals surface area (Å²) in [6.45, 7) is 0. The summed E-state index contributed by atoms with van der Waals surface area (Å²) in [7, 11) is 0. The third-order valence-corrected chi connectivity index (χ3v) is 4.05. The van der Waals surface area contributed by atoms with Gasteiger partial charge in [-0.15, -0.1) is 0 Å². The first-order chi connectivity index (χ1) is 10.7. The van der Waals surface area contributed by atoms with Gasteiger partial charge in [0.05, 0.1) is 0 Å². The Balaban J connectivity index is 1.52. The Morgan fingerprint density at radius 2 is 2.05 bits per heavy atom. The molecule has 0 spiro atoms. The number of hydrogen-bond donors (Lipinski definition) is 3. The Hall–Kier alpha value is -2.89. The minimum Gasteiger partial charge on any atom is -0.358 e. The average molecular weight is 294 g/mol. The zero-order valence-electron chi connectivity index (χ0n) is 11.7. The maximum atomic E-state index is 12.1. The van der Waals surface area contributed by atoms with Crippen molar-refractivity contribution in [3.63, 3.8) is 0 Å². The van der Waals surface area contributed by atoms with Crippen molar-refractivity contribution < 1.29 is 4.79 Å². The summed E-state index contributed by atoms with van der Waals surface area (Å²) in [6, 6.07) is 11.0. The molecule has 0 aliphatic heterocycles. The van der Waals surface area contributed by atoms with E-state index in [9.17, 15) is 9.59 Å². The highest BCUT2D eigenvalue weighted by Gasteiger charge is 2.27. The summed E-state index contributed by atoms with van der Waals surface area (Å²) in [5.41, 5.74) is 3.50. The van der Waals surface area contributed by atoms with Crippen molar-refractivity contribution in [2.45, 2.75) is 18.9 Å². The van der Waals surface area contributed by atoms with Crippen LogP contribution >= 0.6 is 0 Å². The minimum atomic E-state index is -0.320. The fraction of sp³-hybridized carbons (Fsp3) is 0.188. The SMILES string of the molecule is O=C(NC1Cc2[nH]c3ccccc3c2C1)c1ccc(=O)[nH]n1. The van der Waals surface area contributed by atoms with Crippen molar-refractivity contribution in [3.05, 3.63) is 63.7 Å². The van der Waals surface area contributed by atoms with E-state index in [-0.39, 0.29) is 23.2 Å². The molecule has 1 unspecified atom stereocenters. The van der Waals surface area contributed by atoms with E-state index in [0.29, 0.717) is 0 Å². The van der Waals surface area contributed by atoms with Gasteiger partial charge >= 0.3 is 0 Å². The van der Waals surface area contributed by atoms with Crippen LogP contribution in [0.5, 0.6) is 0 Å². The summed E-state index contributed by atoms with van der Waals surface area (Å²) in [5, 5.41) is 10.2. The molecule has 2 heterocycles. The third kappa shape index (κ3) is 2.09. The van der Waals surface area contributed by atoms with E-state index in [0.717, 1.165) is 18.4 Å². The molecule has 1 atom stereocenters. The van der Waals surface area contributed by atoms with Gasteiger partial charge in [-0.1, -0.05) is 18.2 Å². The van der Waals surface area contributed by atoms with Gasteiger partial charge in [0.15, 0.2) is 0 Å². The standard InChI is InChI=1S/C16H14N4O2/c21-15-6-5-13(19-20-15)16(22)17-9-7-11-10-3-1-2-4-12(10)18-14(11)8-9/h1-6,9,18H,7-8H2,(H,17,22)(H,20,21). The molecule has 6 heteroatoms. The molecule has 110 valence electrons. The topological polar surface area (TPSA) is 90.6 Å². The van der Waals surface area contributed by atoms with Crippen LogP contribution in [0.15, 0.2) is 41.2 Å². The summed E-state index contributed by atoms with van der Waals surface area (Å²) < 4.78 is 0. The largest absolute Gasteiger partial charge is 0.358 e. The molecule has 3 N–H and O–H groups in total. The summed E-state index contributed by atoms with van der Waals surface area (Å²) in [6.07, 6.45) is 1.58. The van der Waals surface area contributed by atoms with Crippen molar-refractivity contribution in [1.82, 2.24) is 20.5 Å². The van der Waals surface area contributed by atoms with E-state index < -0.39 is 0 Å². The second-order valence-corrected chi connectivity index (χ2v) is 5.51. The monoisotopic (exact) mass is 294 g/mol. The fourth-order valence-corrected chi connectivity index (χ4v) is 3.06. The molecule has 22 heavy (non-hydrogen) atoms. The minimum absolute atomic E-state index is 0.0482. The normalized spacial score (nSPS) is 16.6. The lowest BCUT2D eigenvalue weighted by molar-refractivity contribution is 0.0932. The van der Waals surface area contributed by atoms with Crippen molar-refractivity contribution in [1.29, 1.82) is 0 Å². The number of rotatable bonds is 2. The Morgan fingerprint density at radius 1 is 1.18 bits per heavy atom. The van der Waals surface area contributed by atoms with E-state index in [1.54, 1.807) is 0 Å². The third-order valence-electron chi connectivity index (χ3n) is 4.05. The predicted octanol–water partition coefficient (Wildman–Crippen LogP) is 1.15. The van der Waals surface area contributed by atoms with Crippen LogP contribution in [0.3, 0.4) is 0 Å². The number of carbonyl (C=O) groups is 1. The molecular formula is C16H14N4O2. The van der Waals surface area contributed by atoms with Crippen molar-refractivity contribution in [3.8, 4) is 0 Å². The zero-order chi connectivity index (χ0) is 15.1. The fourth-order valence-electron chi connectivity index (χ4n) is 3.06. The summed E-state index contributed by atoms with van der Waals surface area (Å²) >= 11 is 0. The van der Waals surface area contributed by atoms with Crippen LogP contribution in [0.1, 0.15) is 21.7 Å². The van der Waals surface area contributed by atoms with Crippen LogP contribution < -0.4 is 10.9 Å². The number of aromatic amines is 2. The quantitative estimate of drug-likeness (QED) is 0.662. The van der Waals surface area contributed by atoms with Crippen LogP contribution in [0.25, 0.3) is 10.9 Å². The van der Waals surface area contributed by atoms with Gasteiger partial charge in [0.2, 0.25) is 0 Å². The van der Waals surface area contributed by atoms with Crippen LogP contribution in [0.2, 0.25) is 0 Å². The van der Waals surface area contributed by atoms with Gasteiger partial charge < -0.3 is 10.3 Å². The number of carbonyl (C=O) groups excluding carboxylic acids is 1. The lowest BCUT2D eigenvalue weighted by atomic mass is 10.1. The highest BCUT2D eigenvalue weighted by Crippen LogP contribution is 2.29. The van der Waals surface area contributed by atoms with Gasteiger partial charge in [0.1, 0.15) is 5.69 Å². The van der Waals surface area contributed by atoms with Crippen LogP contribution in [-0.4, -0.2) is 27.1 Å². The van der Waals surface area contributed by atoms with Crippen molar-refractivity contribution in [2.24, 2.45) is 0 Å². The number of nitrogens with zero attached hydrogens (tertiary/aromatic N) is 1. The lowest BCUT2D eigenvalue weighted by Crippen LogP contribution is -2.36. The van der Waals surface area contributed by atoms with Gasteiger partial charge in [-0.25, -0.2) is 5.10 Å². The molecule has 1 amide bonds. The molecule has 0 saturated heterocycles. The second-order valence-electron chi connectivity index (χ2n) is 5.51. The molecule has 4 rings (SSSR count). The number of H-pyrrole nitrogens is 2. The van der Waals surface area contributed by atoms with Gasteiger partial charge in [-0.2, -0.15) is 5.10 Å². The first kappa shape index (κ1) is 12.8. The highest BCUT2D eigenvalue weighted by atomic mass is 16.2. The van der Waals surface area contributed by atoms with Crippen LogP contribution in [0, 0.1) is 0 Å². The highest BCUT2D eigenvalue weighted by molar-refractivity contribution is 5.92. The summed E-state index contributed by atoms with van der Waals surface area (Å²) in [4.78, 5) is 26.5. The number of aromatic nitrogens is 3. The average Bonchev–Trinajstić information content (AvgIpc) is 3.05. The zero-order valence-corrected chi connectivity index (χ0v) is 11.7. The molecule has 6 nitrogen and oxygen atoms in total. The number of para-hydroxylation sites is 1. The number of amides is 1. The predicted molar refractivity (Wildman–Crippen MR) is 81.8 cm³/mol. The molecule has 0 bridgehead atoms. The number of hydrogen-bond acceptors (Lipinski definition) is 3. The molecule has 1 aliphatic rings.